The van der Waals surface area contributed by atoms with Crippen LogP contribution in [0.4, 0.5) is 5.69 Å². The van der Waals surface area contributed by atoms with E-state index in [9.17, 15) is 9.59 Å². The summed E-state index contributed by atoms with van der Waals surface area (Å²) in [5, 5.41) is 10.3. The Kier molecular flexibility index (Phi) is 7.78. The van der Waals surface area contributed by atoms with Gasteiger partial charge in [0.1, 0.15) is 11.3 Å². The molecule has 2 N–H and O–H groups in total. The van der Waals surface area contributed by atoms with Crippen molar-refractivity contribution in [3.8, 4) is 21.8 Å². The minimum Gasteiger partial charge on any atom is -0.379 e. The number of amides is 2. The summed E-state index contributed by atoms with van der Waals surface area (Å²) >= 11 is 1.33. The van der Waals surface area contributed by atoms with Crippen LogP contribution in [0.2, 0.25) is 0 Å². The molecule has 1 aliphatic heterocycles. The fraction of sp³-hybridized carbons (Fsp3) is 0.310. The van der Waals surface area contributed by atoms with Crippen molar-refractivity contribution in [3.05, 3.63) is 70.6 Å². The summed E-state index contributed by atoms with van der Waals surface area (Å²) in [6, 6.07) is 9.36. The first-order valence-electron chi connectivity index (χ1n) is 13.6. The number of aromatic nitrogens is 5. The number of nitrogens with zero attached hydrogens (tertiary/aromatic N) is 6. The van der Waals surface area contributed by atoms with Gasteiger partial charge in [0.2, 0.25) is 11.7 Å². The lowest BCUT2D eigenvalue weighted by atomic mass is 10.1. The summed E-state index contributed by atoms with van der Waals surface area (Å²) in [6.07, 6.45) is 3.40. The topological polar surface area (TPSA) is 140 Å². The molecule has 2 amide bonds. The van der Waals surface area contributed by atoms with Crippen LogP contribution in [-0.4, -0.2) is 80.6 Å². The molecule has 0 spiro atoms. The zero-order valence-electron chi connectivity index (χ0n) is 23.5. The highest BCUT2D eigenvalue weighted by atomic mass is 32.1. The molecule has 0 atom stereocenters. The van der Waals surface area contributed by atoms with Gasteiger partial charge in [-0.2, -0.15) is 4.98 Å². The Labute approximate surface area is 245 Å². The number of imidazole rings is 1. The van der Waals surface area contributed by atoms with Gasteiger partial charge in [0.15, 0.2) is 5.01 Å². The fourth-order valence-electron chi connectivity index (χ4n) is 4.77. The first kappa shape index (κ1) is 27.7. The van der Waals surface area contributed by atoms with E-state index in [1.165, 1.54) is 11.3 Å². The number of pyridine rings is 1. The number of nitrogens with one attached hydrogen (secondary N) is 2. The van der Waals surface area contributed by atoms with E-state index in [-0.39, 0.29) is 11.8 Å². The van der Waals surface area contributed by atoms with Gasteiger partial charge in [0, 0.05) is 56.1 Å². The third-order valence-corrected chi connectivity index (χ3v) is 8.29. The second kappa shape index (κ2) is 11.8. The number of benzene rings is 1. The van der Waals surface area contributed by atoms with E-state index >= 15 is 0 Å². The van der Waals surface area contributed by atoms with Crippen molar-refractivity contribution in [1.82, 2.24) is 34.7 Å². The average molecular weight is 587 g/mol. The highest BCUT2D eigenvalue weighted by Gasteiger charge is 2.19. The standard InChI is InChI=1S/C29H30N8O4S/c1-17-4-5-20(26-33-19(3)41-35-26)14-22(17)34-27(38)23-15-31-24-7-6-21(16-37(23)24)25-18(2)32-29(42-25)28(39)30-8-9-36-10-12-40-13-11-36/h4-7,14-16H,8-13H2,1-3H3,(H,30,39)(H,34,38). The van der Waals surface area contributed by atoms with Crippen LogP contribution in [0.5, 0.6) is 0 Å². The first-order chi connectivity index (χ1) is 20.4. The van der Waals surface area contributed by atoms with Crippen LogP contribution in [0.25, 0.3) is 27.5 Å². The van der Waals surface area contributed by atoms with Crippen molar-refractivity contribution in [2.24, 2.45) is 0 Å². The Hall–Kier alpha value is -4.46. The maximum atomic E-state index is 13.4. The summed E-state index contributed by atoms with van der Waals surface area (Å²) in [5.74, 6) is 0.406. The molecule has 0 saturated carbocycles. The number of carbonyl (C=O) groups excluding carboxylic acids is 2. The number of anilines is 1. The van der Waals surface area contributed by atoms with E-state index in [4.69, 9.17) is 9.26 Å². The molecule has 216 valence electrons. The summed E-state index contributed by atoms with van der Waals surface area (Å²) < 4.78 is 12.2. The maximum absolute atomic E-state index is 13.4. The Morgan fingerprint density at radius 1 is 1.02 bits per heavy atom. The van der Waals surface area contributed by atoms with Crippen LogP contribution in [0, 0.1) is 20.8 Å². The summed E-state index contributed by atoms with van der Waals surface area (Å²) in [5.41, 5.74) is 4.83. The van der Waals surface area contributed by atoms with Crippen molar-refractivity contribution in [1.29, 1.82) is 0 Å². The summed E-state index contributed by atoms with van der Waals surface area (Å²) in [7, 11) is 0. The molecule has 1 saturated heterocycles. The van der Waals surface area contributed by atoms with Gasteiger partial charge in [-0.05, 0) is 37.6 Å². The molecular weight excluding hydrogens is 556 g/mol. The van der Waals surface area contributed by atoms with E-state index < -0.39 is 0 Å². The number of fused-ring (bicyclic) bond motifs is 1. The summed E-state index contributed by atoms with van der Waals surface area (Å²) in [4.78, 5) is 42.6. The van der Waals surface area contributed by atoms with E-state index in [1.54, 1.807) is 17.5 Å². The van der Waals surface area contributed by atoms with Crippen molar-refractivity contribution in [2.75, 3.05) is 44.7 Å². The van der Waals surface area contributed by atoms with Gasteiger partial charge in [-0.25, -0.2) is 9.97 Å². The lowest BCUT2D eigenvalue weighted by molar-refractivity contribution is 0.0383. The molecule has 42 heavy (non-hydrogen) atoms. The number of hydrogen-bond donors (Lipinski definition) is 2. The predicted molar refractivity (Wildman–Crippen MR) is 158 cm³/mol. The lowest BCUT2D eigenvalue weighted by Gasteiger charge is -2.26. The Morgan fingerprint density at radius 3 is 2.62 bits per heavy atom. The third-order valence-electron chi connectivity index (χ3n) is 7.08. The average Bonchev–Trinajstić information content (AvgIpc) is 3.72. The van der Waals surface area contributed by atoms with Crippen molar-refractivity contribution >= 4 is 34.5 Å². The van der Waals surface area contributed by atoms with Crippen LogP contribution in [0.15, 0.2) is 47.2 Å². The molecule has 12 nitrogen and oxygen atoms in total. The van der Waals surface area contributed by atoms with E-state index in [1.807, 2.05) is 50.4 Å². The monoisotopic (exact) mass is 586 g/mol. The molecule has 5 heterocycles. The number of morpholine rings is 1. The maximum Gasteiger partial charge on any atom is 0.280 e. The molecule has 0 radical (unpaired) electrons. The van der Waals surface area contributed by atoms with Crippen LogP contribution < -0.4 is 10.6 Å². The third kappa shape index (κ3) is 5.79. The lowest BCUT2D eigenvalue weighted by Crippen LogP contribution is -2.41. The van der Waals surface area contributed by atoms with Crippen molar-refractivity contribution < 1.29 is 18.8 Å². The van der Waals surface area contributed by atoms with Crippen LogP contribution in [0.3, 0.4) is 0 Å². The zero-order chi connectivity index (χ0) is 29.2. The highest BCUT2D eigenvalue weighted by Crippen LogP contribution is 2.31. The summed E-state index contributed by atoms with van der Waals surface area (Å²) in [6.45, 7) is 10.0. The van der Waals surface area contributed by atoms with Gasteiger partial charge >= 0.3 is 0 Å². The molecule has 1 fully saturated rings. The Balaban J connectivity index is 1.19. The number of carbonyl (C=O) groups is 2. The molecule has 5 aromatic rings. The second-order valence-electron chi connectivity index (χ2n) is 10.1. The number of ether oxygens (including phenoxy) is 1. The van der Waals surface area contributed by atoms with Crippen LogP contribution >= 0.6 is 11.3 Å². The number of hydrogen-bond acceptors (Lipinski definition) is 10. The number of rotatable bonds is 8. The fourth-order valence-corrected chi connectivity index (χ4v) is 5.74. The van der Waals surface area contributed by atoms with Gasteiger partial charge in [-0.1, -0.05) is 17.3 Å². The van der Waals surface area contributed by atoms with Gasteiger partial charge < -0.3 is 19.9 Å². The number of thiazole rings is 1. The number of aryl methyl sites for hydroxylation is 3. The quantitative estimate of drug-likeness (QED) is 0.278. The van der Waals surface area contributed by atoms with E-state index in [0.717, 1.165) is 60.1 Å². The van der Waals surface area contributed by atoms with E-state index in [0.29, 0.717) is 40.3 Å². The molecular formula is C29H30N8O4S. The SMILES string of the molecule is Cc1nc(-c2ccc(C)c(NC(=O)c3cnc4ccc(-c5sc(C(=O)NCCN6CCOCC6)nc5C)cn34)c2)no1. The Morgan fingerprint density at radius 2 is 1.83 bits per heavy atom. The van der Waals surface area contributed by atoms with Crippen molar-refractivity contribution in [3.63, 3.8) is 0 Å². The van der Waals surface area contributed by atoms with Gasteiger partial charge in [-0.3, -0.25) is 18.9 Å². The van der Waals surface area contributed by atoms with Gasteiger partial charge in [-0.15, -0.1) is 11.3 Å². The smallest absolute Gasteiger partial charge is 0.280 e. The molecule has 0 bridgehead atoms. The van der Waals surface area contributed by atoms with Crippen molar-refractivity contribution in [2.45, 2.75) is 20.8 Å². The largest absolute Gasteiger partial charge is 0.379 e. The van der Waals surface area contributed by atoms with Gasteiger partial charge in [0.05, 0.1) is 30.0 Å². The Bertz CT molecular complexity index is 1770. The molecule has 4 aromatic heterocycles. The molecule has 0 unspecified atom stereocenters. The van der Waals surface area contributed by atoms with Crippen LogP contribution in [-0.2, 0) is 4.74 Å². The molecule has 1 aromatic carbocycles. The minimum atomic E-state index is -0.314. The highest BCUT2D eigenvalue weighted by molar-refractivity contribution is 7.17. The first-order valence-corrected chi connectivity index (χ1v) is 14.4. The zero-order valence-corrected chi connectivity index (χ0v) is 24.3. The van der Waals surface area contributed by atoms with Gasteiger partial charge in [0.25, 0.3) is 11.8 Å². The molecule has 0 aliphatic carbocycles. The molecule has 6 rings (SSSR count). The molecule has 1 aliphatic rings. The minimum absolute atomic E-state index is 0.194. The van der Waals surface area contributed by atoms with Crippen LogP contribution in [0.1, 0.15) is 37.4 Å². The molecule has 13 heteroatoms. The second-order valence-corrected chi connectivity index (χ2v) is 11.1. The predicted octanol–water partition coefficient (Wildman–Crippen LogP) is 3.75. The van der Waals surface area contributed by atoms with E-state index in [2.05, 4.69) is 35.6 Å². The normalized spacial score (nSPS) is 13.9.